The van der Waals surface area contributed by atoms with Crippen molar-refractivity contribution in [3.05, 3.63) is 29.6 Å². The fourth-order valence-electron chi connectivity index (χ4n) is 2.24. The van der Waals surface area contributed by atoms with Crippen LogP contribution in [0.25, 0.3) is 0 Å². The molecule has 1 unspecified atom stereocenters. The molecular formula is C13H17FN2O. The minimum atomic E-state index is -0.371. The van der Waals surface area contributed by atoms with Gasteiger partial charge in [0.2, 0.25) is 0 Å². The van der Waals surface area contributed by atoms with Gasteiger partial charge in [-0.15, -0.1) is 0 Å². The van der Waals surface area contributed by atoms with Crippen molar-refractivity contribution in [2.45, 2.75) is 32.7 Å². The second-order valence-corrected chi connectivity index (χ2v) is 4.43. The van der Waals surface area contributed by atoms with E-state index in [1.807, 2.05) is 0 Å². The van der Waals surface area contributed by atoms with Gasteiger partial charge in [0.05, 0.1) is 17.9 Å². The van der Waals surface area contributed by atoms with Crippen LogP contribution in [-0.4, -0.2) is 18.6 Å². The van der Waals surface area contributed by atoms with Crippen LogP contribution in [0, 0.1) is 5.82 Å². The summed E-state index contributed by atoms with van der Waals surface area (Å²) in [6.45, 7) is 4.75. The summed E-state index contributed by atoms with van der Waals surface area (Å²) in [6.07, 6.45) is 2.13. The lowest BCUT2D eigenvalue weighted by atomic mass is 10.1. The fraction of sp³-hybridized carbons (Fsp3) is 0.462. The Bertz CT molecular complexity index is 433. The zero-order valence-corrected chi connectivity index (χ0v) is 10.2. The molecule has 1 aliphatic heterocycles. The molecule has 0 spiro atoms. The average molecular weight is 236 g/mol. The Kier molecular flexibility index (Phi) is 3.31. The summed E-state index contributed by atoms with van der Waals surface area (Å²) in [4.78, 5) is 13.8. The highest BCUT2D eigenvalue weighted by molar-refractivity contribution is 6.01. The molecular weight excluding hydrogens is 219 g/mol. The minimum Gasteiger partial charge on any atom is -0.351 e. The molecule has 0 saturated heterocycles. The van der Waals surface area contributed by atoms with Gasteiger partial charge in [-0.3, -0.25) is 4.79 Å². The first-order chi connectivity index (χ1) is 8.13. The Balaban J connectivity index is 2.35. The molecule has 0 fully saturated rings. The smallest absolute Gasteiger partial charge is 0.254 e. The number of nitrogens with one attached hydrogen (secondary N) is 1. The standard InChI is InChI=1S/C13H17FN2O/c1-3-4-9(2)16-8-15-13(17)11-7-10(14)5-6-12(11)16/h5-7,9H,3-4,8H2,1-2H3,(H,15,17). The lowest BCUT2D eigenvalue weighted by Crippen LogP contribution is -2.47. The van der Waals surface area contributed by atoms with E-state index in [0.29, 0.717) is 18.3 Å². The quantitative estimate of drug-likeness (QED) is 0.874. The Morgan fingerprint density at radius 2 is 2.29 bits per heavy atom. The third-order valence-electron chi connectivity index (χ3n) is 3.16. The Morgan fingerprint density at radius 3 is 3.00 bits per heavy atom. The van der Waals surface area contributed by atoms with E-state index in [-0.39, 0.29) is 11.7 Å². The molecule has 0 aliphatic carbocycles. The number of hydrogen-bond donors (Lipinski definition) is 1. The van der Waals surface area contributed by atoms with Crippen molar-refractivity contribution in [2.75, 3.05) is 11.6 Å². The molecule has 3 nitrogen and oxygen atoms in total. The summed E-state index contributed by atoms with van der Waals surface area (Å²) in [7, 11) is 0. The van der Waals surface area contributed by atoms with Crippen molar-refractivity contribution in [3.8, 4) is 0 Å². The maximum atomic E-state index is 13.1. The second kappa shape index (κ2) is 4.73. The van der Waals surface area contributed by atoms with Crippen LogP contribution in [0.3, 0.4) is 0 Å². The van der Waals surface area contributed by atoms with E-state index in [9.17, 15) is 9.18 Å². The molecule has 1 amide bonds. The summed E-state index contributed by atoms with van der Waals surface area (Å²) >= 11 is 0. The lowest BCUT2D eigenvalue weighted by molar-refractivity contribution is 0.0945. The second-order valence-electron chi connectivity index (χ2n) is 4.43. The van der Waals surface area contributed by atoms with Crippen molar-refractivity contribution in [1.29, 1.82) is 0 Å². The number of fused-ring (bicyclic) bond motifs is 1. The number of benzene rings is 1. The third-order valence-corrected chi connectivity index (χ3v) is 3.16. The van der Waals surface area contributed by atoms with Gasteiger partial charge in [0.15, 0.2) is 0 Å². The van der Waals surface area contributed by atoms with Crippen molar-refractivity contribution >= 4 is 11.6 Å². The molecule has 1 N–H and O–H groups in total. The van der Waals surface area contributed by atoms with Crippen LogP contribution < -0.4 is 10.2 Å². The zero-order chi connectivity index (χ0) is 12.4. The van der Waals surface area contributed by atoms with E-state index < -0.39 is 0 Å². The van der Waals surface area contributed by atoms with Gasteiger partial charge in [0.25, 0.3) is 5.91 Å². The van der Waals surface area contributed by atoms with E-state index in [2.05, 4.69) is 24.1 Å². The predicted octanol–water partition coefficient (Wildman–Crippen LogP) is 2.52. The van der Waals surface area contributed by atoms with Gasteiger partial charge in [-0.25, -0.2) is 4.39 Å². The first-order valence-corrected chi connectivity index (χ1v) is 5.98. The number of carbonyl (C=O) groups excluding carboxylic acids is 1. The van der Waals surface area contributed by atoms with Crippen LogP contribution >= 0.6 is 0 Å². The molecule has 17 heavy (non-hydrogen) atoms. The SMILES string of the molecule is CCCC(C)N1CNC(=O)c2cc(F)ccc21. The molecule has 4 heteroatoms. The topological polar surface area (TPSA) is 32.3 Å². The summed E-state index contributed by atoms with van der Waals surface area (Å²) < 4.78 is 13.1. The van der Waals surface area contributed by atoms with Gasteiger partial charge in [-0.2, -0.15) is 0 Å². The van der Waals surface area contributed by atoms with Gasteiger partial charge in [-0.1, -0.05) is 13.3 Å². The molecule has 0 saturated carbocycles. The minimum absolute atomic E-state index is 0.195. The first kappa shape index (κ1) is 11.9. The van der Waals surface area contributed by atoms with E-state index in [4.69, 9.17) is 0 Å². The van der Waals surface area contributed by atoms with Crippen molar-refractivity contribution < 1.29 is 9.18 Å². The van der Waals surface area contributed by atoms with Gasteiger partial charge in [-0.05, 0) is 31.5 Å². The van der Waals surface area contributed by atoms with Gasteiger partial charge in [0.1, 0.15) is 5.82 Å². The van der Waals surface area contributed by atoms with E-state index >= 15 is 0 Å². The predicted molar refractivity (Wildman–Crippen MR) is 65.6 cm³/mol. The van der Waals surface area contributed by atoms with E-state index in [0.717, 1.165) is 18.5 Å². The highest BCUT2D eigenvalue weighted by atomic mass is 19.1. The van der Waals surface area contributed by atoms with Gasteiger partial charge >= 0.3 is 0 Å². The van der Waals surface area contributed by atoms with Crippen molar-refractivity contribution in [1.82, 2.24) is 5.32 Å². The number of carbonyl (C=O) groups is 1. The first-order valence-electron chi connectivity index (χ1n) is 5.98. The van der Waals surface area contributed by atoms with Crippen LogP contribution in [0.5, 0.6) is 0 Å². The molecule has 0 bridgehead atoms. The molecule has 1 heterocycles. The Morgan fingerprint density at radius 1 is 1.53 bits per heavy atom. The van der Waals surface area contributed by atoms with Crippen LogP contribution in [0.1, 0.15) is 37.0 Å². The van der Waals surface area contributed by atoms with Crippen LogP contribution in [0.15, 0.2) is 18.2 Å². The molecule has 1 aromatic rings. The summed E-state index contributed by atoms with van der Waals surface area (Å²) in [5.41, 5.74) is 1.26. The summed E-state index contributed by atoms with van der Waals surface area (Å²) in [5.74, 6) is -0.566. The number of rotatable bonds is 3. The van der Waals surface area contributed by atoms with Gasteiger partial charge in [0, 0.05) is 6.04 Å². The summed E-state index contributed by atoms with van der Waals surface area (Å²) in [5, 5.41) is 2.78. The molecule has 92 valence electrons. The molecule has 1 aromatic carbocycles. The Hall–Kier alpha value is -1.58. The average Bonchev–Trinajstić information content (AvgIpc) is 2.30. The highest BCUT2D eigenvalue weighted by Crippen LogP contribution is 2.27. The summed E-state index contributed by atoms with van der Waals surface area (Å²) in [6, 6.07) is 4.73. The van der Waals surface area contributed by atoms with E-state index in [1.54, 1.807) is 6.07 Å². The lowest BCUT2D eigenvalue weighted by Gasteiger charge is -2.36. The molecule has 2 rings (SSSR count). The number of hydrogen-bond acceptors (Lipinski definition) is 2. The van der Waals surface area contributed by atoms with Crippen molar-refractivity contribution in [3.63, 3.8) is 0 Å². The number of amides is 1. The Labute approximate surface area is 101 Å². The maximum absolute atomic E-state index is 13.1. The number of halogens is 1. The highest BCUT2D eigenvalue weighted by Gasteiger charge is 2.25. The van der Waals surface area contributed by atoms with E-state index in [1.165, 1.54) is 12.1 Å². The van der Waals surface area contributed by atoms with Crippen LogP contribution in [0.2, 0.25) is 0 Å². The molecule has 1 atom stereocenters. The largest absolute Gasteiger partial charge is 0.351 e. The normalized spacial score (nSPS) is 16.4. The molecule has 0 aromatic heterocycles. The van der Waals surface area contributed by atoms with Crippen LogP contribution in [-0.2, 0) is 0 Å². The zero-order valence-electron chi connectivity index (χ0n) is 10.2. The van der Waals surface area contributed by atoms with Gasteiger partial charge < -0.3 is 10.2 Å². The molecule has 1 aliphatic rings. The fourth-order valence-corrected chi connectivity index (χ4v) is 2.24. The monoisotopic (exact) mass is 236 g/mol. The number of anilines is 1. The van der Waals surface area contributed by atoms with Crippen molar-refractivity contribution in [2.24, 2.45) is 0 Å². The third kappa shape index (κ3) is 2.25. The number of nitrogens with zero attached hydrogens (tertiary/aromatic N) is 1. The van der Waals surface area contributed by atoms with Crippen LogP contribution in [0.4, 0.5) is 10.1 Å². The maximum Gasteiger partial charge on any atom is 0.254 e. The molecule has 0 radical (unpaired) electrons.